The van der Waals surface area contributed by atoms with E-state index in [-0.39, 0.29) is 24.9 Å². The van der Waals surface area contributed by atoms with Gasteiger partial charge in [-0.25, -0.2) is 9.78 Å². The van der Waals surface area contributed by atoms with E-state index < -0.39 is 32.8 Å². The molecule has 12 heteroatoms. The third-order valence-corrected chi connectivity index (χ3v) is 6.65. The van der Waals surface area contributed by atoms with Gasteiger partial charge in [0.05, 0.1) is 10.7 Å². The van der Waals surface area contributed by atoms with E-state index in [0.717, 1.165) is 11.6 Å². The Bertz CT molecular complexity index is 1120. The highest BCUT2D eigenvalue weighted by Gasteiger charge is 2.23. The molecule has 2 rings (SSSR count). The van der Waals surface area contributed by atoms with Crippen molar-refractivity contribution in [2.75, 3.05) is 13.2 Å². The number of hydrogen-bond donors (Lipinski definition) is 5. The van der Waals surface area contributed by atoms with Crippen LogP contribution in [-0.4, -0.2) is 59.9 Å². The highest BCUT2D eigenvalue weighted by molar-refractivity contribution is 6.76. The molecule has 0 aliphatic carbocycles. The zero-order chi connectivity index (χ0) is 26.0. The first-order valence-corrected chi connectivity index (χ1v) is 14.8. The maximum atomic E-state index is 12.3. The van der Waals surface area contributed by atoms with E-state index in [1.807, 2.05) is 23.7 Å². The van der Waals surface area contributed by atoms with Crippen molar-refractivity contribution in [3.63, 3.8) is 0 Å². The lowest BCUT2D eigenvalue weighted by Gasteiger charge is -2.19. The predicted octanol–water partition coefficient (Wildman–Crippen LogP) is 0.731. The summed E-state index contributed by atoms with van der Waals surface area (Å²) < 4.78 is 12.4. The van der Waals surface area contributed by atoms with Gasteiger partial charge in [-0.15, -0.1) is 0 Å². The fourth-order valence-electron chi connectivity index (χ4n) is 2.85. The minimum atomic E-state index is -1.30. The van der Waals surface area contributed by atoms with Gasteiger partial charge in [0.15, 0.2) is 5.82 Å². The number of alkyl carbamates (subject to hydrolysis) is 1. The first-order valence-electron chi connectivity index (χ1n) is 11.1. The summed E-state index contributed by atoms with van der Waals surface area (Å²) in [6, 6.07) is 10.1. The molecule has 11 nitrogen and oxygen atoms in total. The van der Waals surface area contributed by atoms with Crippen LogP contribution in [0.25, 0.3) is 13.2 Å². The fourth-order valence-corrected chi connectivity index (χ4v) is 3.61. The van der Waals surface area contributed by atoms with Crippen LogP contribution in [0.2, 0.25) is 25.7 Å². The van der Waals surface area contributed by atoms with Crippen molar-refractivity contribution in [2.45, 2.75) is 45.2 Å². The molecule has 0 spiro atoms. The number of hydroxylamine groups is 1. The summed E-state index contributed by atoms with van der Waals surface area (Å²) in [6.45, 7) is 14.8. The molecule has 0 bridgehead atoms. The molecule has 0 fully saturated rings. The molecule has 190 valence electrons. The average molecular weight is 503 g/mol. The number of aromatic nitrogens is 2. The average Bonchev–Trinajstić information content (AvgIpc) is 3.10. The molecule has 1 heterocycles. The molecule has 1 aromatic heterocycles. The monoisotopic (exact) mass is 502 g/mol. The second-order valence-corrected chi connectivity index (χ2v) is 14.7. The number of imidazole rings is 1. The smallest absolute Gasteiger partial charge is 0.407 e. The van der Waals surface area contributed by atoms with E-state index in [0.29, 0.717) is 17.3 Å². The van der Waals surface area contributed by atoms with Crippen molar-refractivity contribution in [3.8, 4) is 0 Å². The quantitative estimate of drug-likeness (QED) is 0.0891. The van der Waals surface area contributed by atoms with Crippen LogP contribution in [0.15, 0.2) is 30.3 Å². The lowest BCUT2D eigenvalue weighted by atomic mass is 10.2. The van der Waals surface area contributed by atoms with Gasteiger partial charge in [-0.1, -0.05) is 63.1 Å². The van der Waals surface area contributed by atoms with Crippen molar-refractivity contribution in [3.05, 3.63) is 52.4 Å². The van der Waals surface area contributed by atoms with Gasteiger partial charge in [-0.2, -0.15) is 5.48 Å². The Kier molecular flexibility index (Phi) is 10.3. The molecule has 5 N–H and O–H groups in total. The number of carbonyl (C=O) groups is 2. The number of ether oxygens (including phenoxy) is 2. The fraction of sp³-hybridized carbons (Fsp3) is 0.391. The van der Waals surface area contributed by atoms with E-state index in [1.165, 1.54) is 0 Å². The van der Waals surface area contributed by atoms with Gasteiger partial charge in [0, 0.05) is 14.7 Å². The standard InChI is InChI=1S/C23H34N6O5Si/c1-16-17(2)29(15-33-11-12-35(3,4)5)22(26-16)20(24)21(28-32)27-19(30)13-25-23(31)34-14-18-9-7-6-8-10-18/h6-10,21,24,28,32H,1-2,11-15H2,3-5H3,(H,25,31)(H,27,30). The highest BCUT2D eigenvalue weighted by atomic mass is 28.3. The summed E-state index contributed by atoms with van der Waals surface area (Å²) >= 11 is 0. The Hall–Kier alpha value is -3.32. The maximum Gasteiger partial charge on any atom is 0.407 e. The van der Waals surface area contributed by atoms with Gasteiger partial charge in [0.25, 0.3) is 0 Å². The number of rotatable bonds is 13. The van der Waals surface area contributed by atoms with Crippen LogP contribution < -0.4 is 26.8 Å². The lowest BCUT2D eigenvalue weighted by molar-refractivity contribution is -0.121. The van der Waals surface area contributed by atoms with Gasteiger partial charge >= 0.3 is 6.09 Å². The summed E-state index contributed by atoms with van der Waals surface area (Å²) in [5, 5.41) is 23.6. The van der Waals surface area contributed by atoms with E-state index >= 15 is 0 Å². The number of nitrogens with one attached hydrogen (secondary N) is 4. The van der Waals surface area contributed by atoms with Gasteiger partial charge < -0.3 is 25.3 Å². The molecule has 2 amide bonds. The molecule has 1 aromatic carbocycles. The van der Waals surface area contributed by atoms with Gasteiger partial charge in [0.1, 0.15) is 31.8 Å². The van der Waals surface area contributed by atoms with Crippen LogP contribution >= 0.6 is 0 Å². The van der Waals surface area contributed by atoms with E-state index in [1.54, 1.807) is 16.7 Å². The van der Waals surface area contributed by atoms with Gasteiger partial charge in [0.2, 0.25) is 5.91 Å². The first-order chi connectivity index (χ1) is 16.5. The number of hydrogen-bond acceptors (Lipinski definition) is 8. The number of benzene rings is 1. The molecule has 0 radical (unpaired) electrons. The SMILES string of the molecule is C=c1nc(C(=N)C(NO)NC(=O)CNC(=O)OCc2ccccc2)n(COCC[Si](C)(C)C)c1=C. The molecule has 0 aliphatic heterocycles. The Labute approximate surface area is 205 Å². The molecule has 0 saturated carbocycles. The summed E-state index contributed by atoms with van der Waals surface area (Å²) in [5.74, 6) is -0.526. The summed E-state index contributed by atoms with van der Waals surface area (Å²) in [5.41, 5.74) is 2.45. The van der Waals surface area contributed by atoms with Crippen LogP contribution in [0, 0.1) is 5.41 Å². The van der Waals surface area contributed by atoms with Gasteiger partial charge in [-0.3, -0.25) is 14.8 Å². The zero-order valence-corrected chi connectivity index (χ0v) is 21.4. The maximum absolute atomic E-state index is 12.3. The Morgan fingerprint density at radius 2 is 1.91 bits per heavy atom. The Morgan fingerprint density at radius 1 is 1.23 bits per heavy atom. The Morgan fingerprint density at radius 3 is 2.54 bits per heavy atom. The van der Waals surface area contributed by atoms with Crippen LogP contribution in [0.1, 0.15) is 11.4 Å². The van der Waals surface area contributed by atoms with Crippen LogP contribution in [-0.2, 0) is 27.6 Å². The third-order valence-electron chi connectivity index (χ3n) is 4.94. The van der Waals surface area contributed by atoms with E-state index in [9.17, 15) is 14.8 Å². The zero-order valence-electron chi connectivity index (χ0n) is 20.4. The van der Waals surface area contributed by atoms with Crippen LogP contribution in [0.3, 0.4) is 0 Å². The van der Waals surface area contributed by atoms with E-state index in [4.69, 9.17) is 14.9 Å². The van der Waals surface area contributed by atoms with Gasteiger partial charge in [-0.05, 0) is 11.6 Å². The number of carbonyl (C=O) groups excluding carboxylic acids is 2. The van der Waals surface area contributed by atoms with Crippen LogP contribution in [0.4, 0.5) is 4.79 Å². The molecule has 35 heavy (non-hydrogen) atoms. The first kappa shape index (κ1) is 27.9. The minimum Gasteiger partial charge on any atom is -0.445 e. The van der Waals surface area contributed by atoms with Crippen molar-refractivity contribution >= 4 is 38.9 Å². The topological polar surface area (TPSA) is 151 Å². The second-order valence-electron chi connectivity index (χ2n) is 9.06. The summed E-state index contributed by atoms with van der Waals surface area (Å²) in [6.07, 6.45) is -2.08. The molecule has 1 atom stereocenters. The van der Waals surface area contributed by atoms with Crippen molar-refractivity contribution in [2.24, 2.45) is 0 Å². The number of nitrogens with zero attached hydrogens (tertiary/aromatic N) is 2. The lowest BCUT2D eigenvalue weighted by Crippen LogP contribution is -2.52. The Balaban J connectivity index is 1.92. The summed E-state index contributed by atoms with van der Waals surface area (Å²) in [7, 11) is -1.27. The molecule has 0 aliphatic rings. The van der Waals surface area contributed by atoms with Crippen LogP contribution in [0.5, 0.6) is 0 Å². The van der Waals surface area contributed by atoms with Crippen molar-refractivity contribution < 1.29 is 24.3 Å². The third kappa shape index (κ3) is 9.09. The predicted molar refractivity (Wildman–Crippen MR) is 135 cm³/mol. The highest BCUT2D eigenvalue weighted by Crippen LogP contribution is 2.08. The minimum absolute atomic E-state index is 0.0587. The largest absolute Gasteiger partial charge is 0.445 e. The normalized spacial score (nSPS) is 12.1. The molecular weight excluding hydrogens is 468 g/mol. The molecule has 1 unspecified atom stereocenters. The molecular formula is C23H34N6O5Si. The van der Waals surface area contributed by atoms with Crippen molar-refractivity contribution in [1.29, 1.82) is 5.41 Å². The molecule has 0 saturated heterocycles. The van der Waals surface area contributed by atoms with Crippen molar-refractivity contribution in [1.82, 2.24) is 25.7 Å². The van der Waals surface area contributed by atoms with E-state index in [2.05, 4.69) is 48.4 Å². The molecule has 2 aromatic rings. The number of amides is 2. The summed E-state index contributed by atoms with van der Waals surface area (Å²) in [4.78, 5) is 28.4. The second kappa shape index (κ2) is 12.9.